The topological polar surface area (TPSA) is 55.6 Å². The monoisotopic (exact) mass is 398 g/mol. The third-order valence-corrected chi connectivity index (χ3v) is 5.95. The SMILES string of the molecule is N[C@H]1CCCN(C(=O)CC(F)(F)F)[C@H]1CO[C@H]1CC[C@@H](c2ccccc2)CC1. The average Bonchev–Trinajstić information content (AvgIpc) is 2.66. The molecule has 0 spiro atoms. The van der Waals surface area contributed by atoms with Crippen molar-refractivity contribution in [2.45, 2.75) is 75.2 Å². The van der Waals surface area contributed by atoms with E-state index in [0.717, 1.165) is 25.7 Å². The maximum absolute atomic E-state index is 12.6. The Morgan fingerprint density at radius 3 is 2.43 bits per heavy atom. The van der Waals surface area contributed by atoms with Crippen LogP contribution in [0.1, 0.15) is 56.4 Å². The number of piperidine rings is 1. The molecule has 2 atom stereocenters. The Bertz CT molecular complexity index is 630. The smallest absolute Gasteiger partial charge is 0.376 e. The quantitative estimate of drug-likeness (QED) is 0.816. The van der Waals surface area contributed by atoms with Gasteiger partial charge in [-0.05, 0) is 50.0 Å². The first-order chi connectivity index (χ1) is 13.3. The number of carbonyl (C=O) groups excluding carboxylic acids is 1. The average molecular weight is 398 g/mol. The van der Waals surface area contributed by atoms with Gasteiger partial charge in [0, 0.05) is 12.6 Å². The Kier molecular flexibility index (Phi) is 6.99. The van der Waals surface area contributed by atoms with Crippen molar-refractivity contribution in [1.82, 2.24) is 4.90 Å². The summed E-state index contributed by atoms with van der Waals surface area (Å²) < 4.78 is 43.9. The first-order valence-electron chi connectivity index (χ1n) is 10.1. The fourth-order valence-corrected chi connectivity index (χ4v) is 4.41. The van der Waals surface area contributed by atoms with Gasteiger partial charge in [-0.1, -0.05) is 30.3 Å². The lowest BCUT2D eigenvalue weighted by atomic mass is 9.83. The summed E-state index contributed by atoms with van der Waals surface area (Å²) in [6, 6.07) is 9.59. The van der Waals surface area contributed by atoms with Gasteiger partial charge < -0.3 is 15.4 Å². The highest BCUT2D eigenvalue weighted by Gasteiger charge is 2.39. The van der Waals surface area contributed by atoms with Crippen LogP contribution in [0.25, 0.3) is 0 Å². The number of halogens is 3. The van der Waals surface area contributed by atoms with Crippen molar-refractivity contribution in [2.24, 2.45) is 5.73 Å². The fourth-order valence-electron chi connectivity index (χ4n) is 4.41. The molecule has 4 nitrogen and oxygen atoms in total. The van der Waals surface area contributed by atoms with E-state index in [9.17, 15) is 18.0 Å². The van der Waals surface area contributed by atoms with Crippen LogP contribution in [0.15, 0.2) is 30.3 Å². The summed E-state index contributed by atoms with van der Waals surface area (Å²) in [5.41, 5.74) is 7.48. The Hall–Kier alpha value is -1.60. The molecule has 2 fully saturated rings. The Balaban J connectivity index is 1.51. The van der Waals surface area contributed by atoms with Crippen LogP contribution >= 0.6 is 0 Å². The van der Waals surface area contributed by atoms with Crippen molar-refractivity contribution in [3.63, 3.8) is 0 Å². The van der Waals surface area contributed by atoms with Crippen LogP contribution in [0.2, 0.25) is 0 Å². The number of ether oxygens (including phenoxy) is 1. The Morgan fingerprint density at radius 2 is 1.79 bits per heavy atom. The van der Waals surface area contributed by atoms with Crippen LogP contribution in [0.4, 0.5) is 13.2 Å². The second kappa shape index (κ2) is 9.27. The van der Waals surface area contributed by atoms with Gasteiger partial charge >= 0.3 is 6.18 Å². The summed E-state index contributed by atoms with van der Waals surface area (Å²) in [4.78, 5) is 13.4. The number of likely N-dealkylation sites (tertiary alicyclic amines) is 1. The number of amides is 1. The Labute approximate surface area is 164 Å². The van der Waals surface area contributed by atoms with Crippen molar-refractivity contribution in [2.75, 3.05) is 13.2 Å². The van der Waals surface area contributed by atoms with E-state index in [1.807, 2.05) is 6.07 Å². The van der Waals surface area contributed by atoms with Gasteiger partial charge in [-0.15, -0.1) is 0 Å². The molecular weight excluding hydrogens is 369 g/mol. The molecule has 7 heteroatoms. The Morgan fingerprint density at radius 1 is 1.11 bits per heavy atom. The van der Waals surface area contributed by atoms with Gasteiger partial charge in [-0.25, -0.2) is 0 Å². The molecule has 156 valence electrons. The van der Waals surface area contributed by atoms with E-state index in [1.54, 1.807) is 0 Å². The van der Waals surface area contributed by atoms with Crippen LogP contribution in [0.3, 0.4) is 0 Å². The predicted octanol–water partition coefficient (Wildman–Crippen LogP) is 4.00. The highest BCUT2D eigenvalue weighted by atomic mass is 19.4. The molecule has 0 unspecified atom stereocenters. The number of alkyl halides is 3. The molecule has 3 rings (SSSR count). The highest BCUT2D eigenvalue weighted by molar-refractivity contribution is 5.77. The summed E-state index contributed by atoms with van der Waals surface area (Å²) in [5, 5.41) is 0. The number of nitrogens with two attached hydrogens (primary N) is 1. The minimum Gasteiger partial charge on any atom is -0.376 e. The molecule has 1 saturated carbocycles. The fraction of sp³-hybridized carbons (Fsp3) is 0.667. The molecule has 2 N–H and O–H groups in total. The van der Waals surface area contributed by atoms with Crippen molar-refractivity contribution in [3.05, 3.63) is 35.9 Å². The normalized spacial score (nSPS) is 28.9. The van der Waals surface area contributed by atoms with Crippen molar-refractivity contribution in [1.29, 1.82) is 0 Å². The summed E-state index contributed by atoms with van der Waals surface area (Å²) >= 11 is 0. The molecule has 2 aliphatic rings. The largest absolute Gasteiger partial charge is 0.397 e. The summed E-state index contributed by atoms with van der Waals surface area (Å²) in [6.07, 6.45) is -0.638. The molecule has 1 aliphatic carbocycles. The number of carbonyl (C=O) groups is 1. The molecule has 1 aromatic rings. The van der Waals surface area contributed by atoms with E-state index < -0.39 is 24.5 Å². The van der Waals surface area contributed by atoms with E-state index in [4.69, 9.17) is 10.5 Å². The van der Waals surface area contributed by atoms with E-state index in [1.165, 1.54) is 10.5 Å². The van der Waals surface area contributed by atoms with Crippen molar-refractivity contribution < 1.29 is 22.7 Å². The third kappa shape index (κ3) is 5.70. The molecule has 1 aliphatic heterocycles. The number of nitrogens with zero attached hydrogens (tertiary/aromatic N) is 1. The molecule has 1 saturated heterocycles. The standard InChI is InChI=1S/C21H29F3N2O2/c22-21(23,24)13-20(27)26-12-4-7-18(25)19(26)14-28-17-10-8-16(9-11-17)15-5-2-1-3-6-15/h1-3,5-6,16-19H,4,7-14,25H2/t16-,17+,18-,19-/m0/s1. The number of hydrogen-bond donors (Lipinski definition) is 1. The zero-order chi connectivity index (χ0) is 20.1. The van der Waals surface area contributed by atoms with E-state index in [0.29, 0.717) is 25.3 Å². The van der Waals surface area contributed by atoms with Gasteiger partial charge in [-0.2, -0.15) is 13.2 Å². The van der Waals surface area contributed by atoms with Gasteiger partial charge in [-0.3, -0.25) is 4.79 Å². The second-order valence-electron chi connectivity index (χ2n) is 7.97. The van der Waals surface area contributed by atoms with Gasteiger partial charge in [0.05, 0.1) is 18.8 Å². The predicted molar refractivity (Wildman–Crippen MR) is 101 cm³/mol. The van der Waals surface area contributed by atoms with Crippen LogP contribution in [0, 0.1) is 0 Å². The summed E-state index contributed by atoms with van der Waals surface area (Å²) in [5.74, 6) is -0.369. The summed E-state index contributed by atoms with van der Waals surface area (Å²) in [6.45, 7) is 0.531. The highest BCUT2D eigenvalue weighted by Crippen LogP contribution is 2.34. The lowest BCUT2D eigenvalue weighted by Gasteiger charge is -2.41. The molecule has 1 aromatic carbocycles. The summed E-state index contributed by atoms with van der Waals surface area (Å²) in [7, 11) is 0. The van der Waals surface area contributed by atoms with Gasteiger partial charge in [0.25, 0.3) is 0 Å². The van der Waals surface area contributed by atoms with Crippen LogP contribution < -0.4 is 5.73 Å². The molecule has 28 heavy (non-hydrogen) atoms. The molecule has 0 aromatic heterocycles. The molecule has 0 radical (unpaired) electrons. The van der Waals surface area contributed by atoms with Crippen LogP contribution in [-0.4, -0.2) is 48.3 Å². The van der Waals surface area contributed by atoms with E-state index >= 15 is 0 Å². The minimum absolute atomic E-state index is 0.0775. The zero-order valence-electron chi connectivity index (χ0n) is 16.0. The maximum atomic E-state index is 12.6. The van der Waals surface area contributed by atoms with E-state index in [-0.39, 0.29) is 18.8 Å². The van der Waals surface area contributed by atoms with Crippen molar-refractivity contribution in [3.8, 4) is 0 Å². The molecule has 0 bridgehead atoms. The number of hydrogen-bond acceptors (Lipinski definition) is 3. The zero-order valence-corrected chi connectivity index (χ0v) is 16.0. The van der Waals surface area contributed by atoms with Crippen molar-refractivity contribution >= 4 is 5.91 Å². The number of rotatable bonds is 5. The molecule has 1 heterocycles. The van der Waals surface area contributed by atoms with Crippen LogP contribution in [-0.2, 0) is 9.53 Å². The second-order valence-corrected chi connectivity index (χ2v) is 7.97. The van der Waals surface area contributed by atoms with E-state index in [2.05, 4.69) is 24.3 Å². The molecular formula is C21H29F3N2O2. The minimum atomic E-state index is -4.50. The maximum Gasteiger partial charge on any atom is 0.397 e. The molecule has 1 amide bonds. The lowest BCUT2D eigenvalue weighted by Crippen LogP contribution is -2.57. The first kappa shape index (κ1) is 21.1. The van der Waals surface area contributed by atoms with Gasteiger partial charge in [0.2, 0.25) is 5.91 Å². The van der Waals surface area contributed by atoms with Crippen LogP contribution in [0.5, 0.6) is 0 Å². The first-order valence-corrected chi connectivity index (χ1v) is 10.1. The lowest BCUT2D eigenvalue weighted by molar-refractivity contribution is -0.166. The number of benzene rings is 1. The van der Waals surface area contributed by atoms with Gasteiger partial charge in [0.1, 0.15) is 6.42 Å². The van der Waals surface area contributed by atoms with Gasteiger partial charge in [0.15, 0.2) is 0 Å². The third-order valence-electron chi connectivity index (χ3n) is 5.95.